The molecule has 0 aliphatic carbocycles. The van der Waals surface area contributed by atoms with Gasteiger partial charge in [0.2, 0.25) is 5.91 Å². The molecule has 3 rings (SSSR count). The first-order valence-corrected chi connectivity index (χ1v) is 13.7. The molecule has 234 valence electrons. The minimum Gasteiger partial charge on any atom is -0.480 e. The average molecular weight is 595 g/mol. The van der Waals surface area contributed by atoms with Crippen molar-refractivity contribution in [3.8, 4) is 0 Å². The molecule has 0 unspecified atom stereocenters. The Morgan fingerprint density at radius 3 is 1.78 bits per heavy atom. The van der Waals surface area contributed by atoms with Crippen LogP contribution in [0.4, 0.5) is 22.8 Å². The van der Waals surface area contributed by atoms with Crippen molar-refractivity contribution in [1.82, 2.24) is 19.6 Å². The van der Waals surface area contributed by atoms with Gasteiger partial charge in [0.05, 0.1) is 5.92 Å². The lowest BCUT2D eigenvalue weighted by Gasteiger charge is -2.47. The number of carboxylic acid groups (broad SMARTS) is 2. The van der Waals surface area contributed by atoms with E-state index in [4.69, 9.17) is 14.6 Å². The molecule has 3 saturated heterocycles. The molecule has 0 spiro atoms. The van der Waals surface area contributed by atoms with Crippen molar-refractivity contribution >= 4 is 30.0 Å². The van der Waals surface area contributed by atoms with E-state index in [2.05, 4.69) is 11.9 Å². The number of β-lactam (4-membered cyclic amide) rings is 1. The summed E-state index contributed by atoms with van der Waals surface area (Å²) in [6, 6.07) is -1.69. The maximum atomic E-state index is 13.0. The number of carboxylic acids is 2. The Balaban J connectivity index is 0.000000745. The number of rotatable bonds is 6. The maximum absolute atomic E-state index is 13.0. The largest absolute Gasteiger partial charge is 0.490 e. The summed E-state index contributed by atoms with van der Waals surface area (Å²) in [5.41, 5.74) is 0. The van der Waals surface area contributed by atoms with E-state index < -0.39 is 48.1 Å². The van der Waals surface area contributed by atoms with Crippen LogP contribution in [0.1, 0.15) is 47.0 Å². The molecule has 3 fully saturated rings. The number of ether oxygens (including phenoxy) is 1. The highest BCUT2D eigenvalue weighted by Crippen LogP contribution is 2.36. The number of hydrogen-bond acceptors (Lipinski definition) is 7. The molecule has 3 aliphatic rings. The molecule has 3 aliphatic heterocycles. The van der Waals surface area contributed by atoms with Crippen LogP contribution < -0.4 is 0 Å². The van der Waals surface area contributed by atoms with Crippen molar-refractivity contribution < 1.29 is 52.1 Å². The smallest absolute Gasteiger partial charge is 0.480 e. The van der Waals surface area contributed by atoms with Crippen LogP contribution in [0.5, 0.6) is 0 Å². The number of nitrogens with zero attached hydrogens (tertiary/aromatic N) is 4. The van der Waals surface area contributed by atoms with Gasteiger partial charge in [-0.2, -0.15) is 13.2 Å². The lowest BCUT2D eigenvalue weighted by Crippen LogP contribution is -2.69. The molecule has 0 aromatic heterocycles. The first kappa shape index (κ1) is 34.1. The molecule has 0 aromatic rings. The number of hydrogen-bond donors (Lipinski definition) is 2. The van der Waals surface area contributed by atoms with Gasteiger partial charge in [-0.1, -0.05) is 27.7 Å². The van der Waals surface area contributed by atoms with Gasteiger partial charge < -0.3 is 29.6 Å². The lowest BCUT2D eigenvalue weighted by molar-refractivity contribution is -0.192. The fourth-order valence-corrected chi connectivity index (χ4v) is 5.40. The van der Waals surface area contributed by atoms with Crippen LogP contribution in [0.3, 0.4) is 0 Å². The van der Waals surface area contributed by atoms with Crippen LogP contribution >= 0.6 is 0 Å². The Hall–Kier alpha value is -3.10. The van der Waals surface area contributed by atoms with Gasteiger partial charge in [-0.25, -0.2) is 24.1 Å². The van der Waals surface area contributed by atoms with Gasteiger partial charge in [0, 0.05) is 26.2 Å². The molecule has 2 atom stereocenters. The van der Waals surface area contributed by atoms with Gasteiger partial charge in [-0.15, -0.1) is 0 Å². The summed E-state index contributed by atoms with van der Waals surface area (Å²) in [5, 5.41) is 16.9. The van der Waals surface area contributed by atoms with E-state index in [1.54, 1.807) is 4.90 Å². The molecular weight excluding hydrogens is 553 g/mol. The Morgan fingerprint density at radius 1 is 0.902 bits per heavy atom. The van der Waals surface area contributed by atoms with Gasteiger partial charge in [0.25, 0.3) is 0 Å². The molecule has 12 nitrogen and oxygen atoms in total. The molecule has 0 aromatic carbocycles. The van der Waals surface area contributed by atoms with Crippen molar-refractivity contribution in [2.24, 2.45) is 23.7 Å². The standard InChI is InChI=1S/C24H40N4O6.C2HF3O2/c1-15(2)20(16(3)4)34-24(33)27-12-10-26(11-13-27)23(32)28-19(22(30)31)18(21(28)29)14-17-6-8-25(5)9-7-17;3-2(4,5)1(6)7/h15-20H,6-14H2,1-5H3,(H,30,31);(H,6,7)/t18-,19+;/m1./s1. The van der Waals surface area contributed by atoms with Crippen LogP contribution in [0.2, 0.25) is 0 Å². The van der Waals surface area contributed by atoms with E-state index in [0.29, 0.717) is 12.3 Å². The third-order valence-electron chi connectivity index (χ3n) is 7.70. The molecule has 15 heteroatoms. The SMILES string of the molecule is CC(C)C(OC(=O)N1CCN(C(=O)N2C(=O)[C@H](CC3CCN(C)CC3)[C@H]2C(=O)O)CC1)C(C)C.O=C(O)C(F)(F)F. The third-order valence-corrected chi connectivity index (χ3v) is 7.70. The topological polar surface area (TPSA) is 148 Å². The number of imide groups is 1. The summed E-state index contributed by atoms with van der Waals surface area (Å²) in [5.74, 6) is -4.24. The second kappa shape index (κ2) is 14.2. The van der Waals surface area contributed by atoms with Crippen molar-refractivity contribution in [2.75, 3.05) is 46.3 Å². The summed E-state index contributed by atoms with van der Waals surface area (Å²) in [6.07, 6.45) is -3.29. The number of carbonyl (C=O) groups excluding carboxylic acids is 3. The van der Waals surface area contributed by atoms with Crippen molar-refractivity contribution in [1.29, 1.82) is 0 Å². The van der Waals surface area contributed by atoms with Crippen molar-refractivity contribution in [3.05, 3.63) is 0 Å². The van der Waals surface area contributed by atoms with E-state index in [1.165, 1.54) is 4.90 Å². The predicted octanol–water partition coefficient (Wildman–Crippen LogP) is 2.82. The average Bonchev–Trinajstić information content (AvgIpc) is 2.88. The second-order valence-electron chi connectivity index (χ2n) is 11.5. The first-order valence-electron chi connectivity index (χ1n) is 13.7. The summed E-state index contributed by atoms with van der Waals surface area (Å²) < 4.78 is 37.4. The molecule has 0 radical (unpaired) electrons. The normalized spacial score (nSPS) is 22.4. The highest BCUT2D eigenvalue weighted by atomic mass is 19.4. The Kier molecular flexibility index (Phi) is 11.8. The van der Waals surface area contributed by atoms with E-state index in [-0.39, 0.29) is 44.1 Å². The summed E-state index contributed by atoms with van der Waals surface area (Å²) in [4.78, 5) is 65.5. The summed E-state index contributed by atoms with van der Waals surface area (Å²) >= 11 is 0. The number of urea groups is 1. The van der Waals surface area contributed by atoms with E-state index in [1.807, 2.05) is 27.7 Å². The van der Waals surface area contributed by atoms with Crippen molar-refractivity contribution in [3.63, 3.8) is 0 Å². The number of carbonyl (C=O) groups is 5. The highest BCUT2D eigenvalue weighted by molar-refractivity contribution is 6.07. The van der Waals surface area contributed by atoms with Gasteiger partial charge in [-0.05, 0) is 57.2 Å². The van der Waals surface area contributed by atoms with Gasteiger partial charge in [-0.3, -0.25) is 4.79 Å². The molecule has 4 amide bonds. The molecule has 41 heavy (non-hydrogen) atoms. The zero-order valence-corrected chi connectivity index (χ0v) is 24.1. The molecule has 3 heterocycles. The Labute approximate surface area is 237 Å². The third kappa shape index (κ3) is 8.94. The number of amides is 4. The fraction of sp³-hybridized carbons (Fsp3) is 0.808. The second-order valence-corrected chi connectivity index (χ2v) is 11.5. The minimum atomic E-state index is -5.08. The number of halogens is 3. The Morgan fingerprint density at radius 2 is 1.37 bits per heavy atom. The lowest BCUT2D eigenvalue weighted by atomic mass is 9.77. The summed E-state index contributed by atoms with van der Waals surface area (Å²) in [7, 11) is 2.05. The van der Waals surface area contributed by atoms with Crippen LogP contribution in [0.25, 0.3) is 0 Å². The number of alkyl halides is 3. The minimum absolute atomic E-state index is 0.191. The quantitative estimate of drug-likeness (QED) is 0.443. The molecule has 0 bridgehead atoms. The molecule has 0 saturated carbocycles. The number of piperidine rings is 1. The highest BCUT2D eigenvalue weighted by Gasteiger charge is 2.56. The maximum Gasteiger partial charge on any atom is 0.490 e. The number of aliphatic carboxylic acids is 2. The van der Waals surface area contributed by atoms with E-state index in [9.17, 15) is 37.5 Å². The van der Waals surface area contributed by atoms with Crippen LogP contribution in [0, 0.1) is 23.7 Å². The zero-order valence-electron chi connectivity index (χ0n) is 24.1. The number of piperazine rings is 1. The van der Waals surface area contributed by atoms with Crippen LogP contribution in [0.15, 0.2) is 0 Å². The predicted molar refractivity (Wildman–Crippen MR) is 139 cm³/mol. The van der Waals surface area contributed by atoms with Crippen LogP contribution in [-0.2, 0) is 19.1 Å². The number of likely N-dealkylation sites (tertiary alicyclic amines) is 2. The molecule has 2 N–H and O–H groups in total. The van der Waals surface area contributed by atoms with Gasteiger partial charge in [0.1, 0.15) is 6.10 Å². The monoisotopic (exact) mass is 594 g/mol. The molecular formula is C26H41F3N4O8. The van der Waals surface area contributed by atoms with E-state index in [0.717, 1.165) is 30.8 Å². The summed E-state index contributed by atoms with van der Waals surface area (Å²) in [6.45, 7) is 11.0. The Bertz CT molecular complexity index is 953. The van der Waals surface area contributed by atoms with Gasteiger partial charge >= 0.3 is 30.2 Å². The van der Waals surface area contributed by atoms with E-state index >= 15 is 0 Å². The first-order chi connectivity index (χ1) is 18.9. The van der Waals surface area contributed by atoms with Crippen molar-refractivity contribution in [2.45, 2.75) is 65.3 Å². The van der Waals surface area contributed by atoms with Gasteiger partial charge in [0.15, 0.2) is 6.04 Å². The fourth-order valence-electron chi connectivity index (χ4n) is 5.40. The van der Waals surface area contributed by atoms with Crippen LogP contribution in [-0.4, -0.2) is 124 Å². The zero-order chi connectivity index (χ0) is 31.2.